The average molecular weight is 268 g/mol. The van der Waals surface area contributed by atoms with E-state index in [9.17, 15) is 4.79 Å². The molecule has 0 aromatic heterocycles. The van der Waals surface area contributed by atoms with Crippen LogP contribution in [0.5, 0.6) is 0 Å². The van der Waals surface area contributed by atoms with E-state index in [0.717, 1.165) is 32.2 Å². The minimum Gasteiger partial charge on any atom is -0.369 e. The Morgan fingerprint density at radius 2 is 1.58 bits per heavy atom. The van der Waals surface area contributed by atoms with Gasteiger partial charge in [-0.1, -0.05) is 45.4 Å². The summed E-state index contributed by atoms with van der Waals surface area (Å²) < 4.78 is 0. The molecule has 19 heavy (non-hydrogen) atoms. The zero-order valence-corrected chi connectivity index (χ0v) is 12.6. The lowest BCUT2D eigenvalue weighted by Crippen LogP contribution is -2.37. The van der Waals surface area contributed by atoms with Gasteiger partial charge < -0.3 is 11.1 Å². The molecule has 1 aliphatic carbocycles. The lowest BCUT2D eigenvalue weighted by atomic mass is 9.85. The van der Waals surface area contributed by atoms with Gasteiger partial charge in [0.15, 0.2) is 0 Å². The third-order valence-corrected chi connectivity index (χ3v) is 4.34. The average Bonchev–Trinajstić information content (AvgIpc) is 2.42. The Bertz CT molecular complexity index is 235. The molecule has 1 amide bonds. The van der Waals surface area contributed by atoms with Crippen LogP contribution in [0.25, 0.3) is 0 Å². The Kier molecular flexibility index (Phi) is 8.89. The molecule has 1 saturated carbocycles. The first-order valence-corrected chi connectivity index (χ1v) is 8.26. The number of amides is 1. The van der Waals surface area contributed by atoms with Gasteiger partial charge in [-0.25, -0.2) is 0 Å². The quantitative estimate of drug-likeness (QED) is 0.597. The zero-order valence-electron chi connectivity index (χ0n) is 12.6. The maximum Gasteiger partial charge on any atom is 0.220 e. The second-order valence-electron chi connectivity index (χ2n) is 6.03. The van der Waals surface area contributed by atoms with Crippen LogP contribution < -0.4 is 11.1 Å². The summed E-state index contributed by atoms with van der Waals surface area (Å²) in [5, 5.41) is 3.63. The van der Waals surface area contributed by atoms with E-state index in [1.807, 2.05) is 0 Å². The maximum absolute atomic E-state index is 11.1. The van der Waals surface area contributed by atoms with Crippen molar-refractivity contribution in [1.29, 1.82) is 0 Å². The number of primary amides is 1. The van der Waals surface area contributed by atoms with E-state index in [1.54, 1.807) is 0 Å². The highest BCUT2D eigenvalue weighted by atomic mass is 16.1. The summed E-state index contributed by atoms with van der Waals surface area (Å²) in [5.74, 6) is 0.0298. The molecule has 1 fully saturated rings. The number of rotatable bonds is 10. The summed E-state index contributed by atoms with van der Waals surface area (Å²) >= 11 is 0. The van der Waals surface area contributed by atoms with Crippen LogP contribution in [0, 0.1) is 5.92 Å². The minimum absolute atomic E-state index is 0.106. The van der Waals surface area contributed by atoms with Crippen molar-refractivity contribution in [3.05, 3.63) is 0 Å². The fourth-order valence-corrected chi connectivity index (χ4v) is 2.97. The van der Waals surface area contributed by atoms with Crippen molar-refractivity contribution in [2.45, 2.75) is 83.6 Å². The Hall–Kier alpha value is -0.570. The fourth-order valence-electron chi connectivity index (χ4n) is 2.97. The van der Waals surface area contributed by atoms with Crippen molar-refractivity contribution in [1.82, 2.24) is 5.32 Å². The monoisotopic (exact) mass is 268 g/mol. The van der Waals surface area contributed by atoms with Crippen LogP contribution in [0.2, 0.25) is 0 Å². The van der Waals surface area contributed by atoms with E-state index in [-0.39, 0.29) is 11.8 Å². The molecule has 0 spiro atoms. The van der Waals surface area contributed by atoms with E-state index < -0.39 is 0 Å². The number of unbranched alkanes of at least 4 members (excludes halogenated alkanes) is 6. The molecule has 0 heterocycles. The van der Waals surface area contributed by atoms with Crippen LogP contribution in [0.4, 0.5) is 0 Å². The van der Waals surface area contributed by atoms with Crippen molar-refractivity contribution >= 4 is 5.91 Å². The van der Waals surface area contributed by atoms with E-state index in [4.69, 9.17) is 5.73 Å². The maximum atomic E-state index is 11.1. The lowest BCUT2D eigenvalue weighted by molar-refractivity contribution is -0.122. The number of carbonyl (C=O) groups excluding carboxylic acids is 1. The summed E-state index contributed by atoms with van der Waals surface area (Å²) in [6.45, 7) is 3.40. The molecular weight excluding hydrogens is 236 g/mol. The predicted molar refractivity (Wildman–Crippen MR) is 80.9 cm³/mol. The first kappa shape index (κ1) is 16.5. The van der Waals surface area contributed by atoms with Crippen LogP contribution >= 0.6 is 0 Å². The van der Waals surface area contributed by atoms with Gasteiger partial charge in [0, 0.05) is 12.0 Å². The molecule has 1 aliphatic rings. The molecule has 0 radical (unpaired) electrons. The van der Waals surface area contributed by atoms with Crippen molar-refractivity contribution in [2.75, 3.05) is 6.54 Å². The topological polar surface area (TPSA) is 55.1 Å². The summed E-state index contributed by atoms with van der Waals surface area (Å²) in [6, 6.07) is 0.621. The van der Waals surface area contributed by atoms with Crippen molar-refractivity contribution in [2.24, 2.45) is 11.7 Å². The van der Waals surface area contributed by atoms with E-state index in [1.165, 1.54) is 44.9 Å². The molecule has 0 saturated heterocycles. The van der Waals surface area contributed by atoms with Crippen LogP contribution in [0.15, 0.2) is 0 Å². The summed E-state index contributed by atoms with van der Waals surface area (Å²) in [6.07, 6.45) is 13.7. The second kappa shape index (κ2) is 10.2. The smallest absolute Gasteiger partial charge is 0.220 e. The molecular formula is C16H32N2O. The van der Waals surface area contributed by atoms with Gasteiger partial charge in [-0.15, -0.1) is 0 Å². The normalized spacial score (nSPS) is 23.4. The summed E-state index contributed by atoms with van der Waals surface area (Å²) in [7, 11) is 0. The first-order valence-electron chi connectivity index (χ1n) is 8.26. The molecule has 3 heteroatoms. The van der Waals surface area contributed by atoms with Gasteiger partial charge in [0.05, 0.1) is 0 Å². The highest BCUT2D eigenvalue weighted by molar-refractivity contribution is 5.76. The standard InChI is InChI=1S/C16H32N2O/c1-2-3-4-5-6-7-8-13-18-15-11-9-14(10-12-15)16(17)19/h14-15,18H,2-13H2,1H3,(H2,17,19). The molecule has 0 atom stereocenters. The minimum atomic E-state index is -0.106. The van der Waals surface area contributed by atoms with E-state index >= 15 is 0 Å². The molecule has 112 valence electrons. The van der Waals surface area contributed by atoms with Crippen LogP contribution in [-0.4, -0.2) is 18.5 Å². The number of carbonyl (C=O) groups is 1. The van der Waals surface area contributed by atoms with Gasteiger partial charge in [-0.2, -0.15) is 0 Å². The Labute approximate surface area is 118 Å². The van der Waals surface area contributed by atoms with Gasteiger partial charge in [0.25, 0.3) is 0 Å². The zero-order chi connectivity index (χ0) is 13.9. The SMILES string of the molecule is CCCCCCCCCNC1CCC(C(N)=O)CC1. The Morgan fingerprint density at radius 3 is 2.16 bits per heavy atom. The summed E-state index contributed by atoms with van der Waals surface area (Å²) in [4.78, 5) is 11.1. The largest absolute Gasteiger partial charge is 0.369 e. The summed E-state index contributed by atoms with van der Waals surface area (Å²) in [5.41, 5.74) is 5.34. The Morgan fingerprint density at radius 1 is 1.00 bits per heavy atom. The third-order valence-electron chi connectivity index (χ3n) is 4.34. The van der Waals surface area contributed by atoms with Crippen molar-refractivity contribution in [3.63, 3.8) is 0 Å². The number of nitrogens with one attached hydrogen (secondary N) is 1. The van der Waals surface area contributed by atoms with Crippen LogP contribution in [0.1, 0.15) is 77.6 Å². The molecule has 3 N–H and O–H groups in total. The highest BCUT2D eigenvalue weighted by Crippen LogP contribution is 2.23. The molecule has 0 aromatic carbocycles. The van der Waals surface area contributed by atoms with Gasteiger partial charge in [0.1, 0.15) is 0 Å². The number of hydrogen-bond donors (Lipinski definition) is 2. The van der Waals surface area contributed by atoms with Gasteiger partial charge in [-0.3, -0.25) is 4.79 Å². The third kappa shape index (κ3) is 7.56. The number of hydrogen-bond acceptors (Lipinski definition) is 2. The van der Waals surface area contributed by atoms with Gasteiger partial charge >= 0.3 is 0 Å². The first-order chi connectivity index (χ1) is 9.24. The van der Waals surface area contributed by atoms with Crippen molar-refractivity contribution in [3.8, 4) is 0 Å². The molecule has 0 bridgehead atoms. The number of nitrogens with two attached hydrogens (primary N) is 1. The van der Waals surface area contributed by atoms with Crippen LogP contribution in [-0.2, 0) is 4.79 Å². The Balaban J connectivity index is 1.89. The molecule has 0 unspecified atom stereocenters. The predicted octanol–water partition coefficient (Wildman–Crippen LogP) is 3.37. The van der Waals surface area contributed by atoms with Gasteiger partial charge in [-0.05, 0) is 38.6 Å². The molecule has 1 rings (SSSR count). The van der Waals surface area contributed by atoms with Crippen LogP contribution in [0.3, 0.4) is 0 Å². The second-order valence-corrected chi connectivity index (χ2v) is 6.03. The van der Waals surface area contributed by atoms with E-state index in [0.29, 0.717) is 6.04 Å². The molecule has 0 aromatic rings. The lowest BCUT2D eigenvalue weighted by Gasteiger charge is -2.27. The van der Waals surface area contributed by atoms with E-state index in [2.05, 4.69) is 12.2 Å². The highest BCUT2D eigenvalue weighted by Gasteiger charge is 2.23. The molecule has 3 nitrogen and oxygen atoms in total. The molecule has 0 aliphatic heterocycles. The fraction of sp³-hybridized carbons (Fsp3) is 0.938. The van der Waals surface area contributed by atoms with Crippen molar-refractivity contribution < 1.29 is 4.79 Å². The van der Waals surface area contributed by atoms with Gasteiger partial charge in [0.2, 0.25) is 5.91 Å².